The maximum absolute atomic E-state index is 9.04. The van der Waals surface area contributed by atoms with Gasteiger partial charge in [0.15, 0.2) is 6.33 Å². The van der Waals surface area contributed by atoms with Crippen molar-refractivity contribution >= 4 is 12.2 Å². The minimum Gasteiger partial charge on any atom is -0.480 e. The van der Waals surface area contributed by atoms with Crippen LogP contribution in [0.4, 0.5) is 0 Å². The van der Waals surface area contributed by atoms with Crippen LogP contribution in [0.25, 0.3) is 5.88 Å². The van der Waals surface area contributed by atoms with Gasteiger partial charge in [0, 0.05) is 0 Å². The van der Waals surface area contributed by atoms with Crippen molar-refractivity contribution in [2.24, 2.45) is 4.99 Å². The van der Waals surface area contributed by atoms with E-state index in [1.165, 1.54) is 12.7 Å². The zero-order valence-corrected chi connectivity index (χ0v) is 4.94. The van der Waals surface area contributed by atoms with E-state index in [0.29, 0.717) is 10.8 Å². The first kappa shape index (κ1) is 5.16. The van der Waals surface area contributed by atoms with Crippen molar-refractivity contribution in [2.75, 3.05) is 0 Å². The lowest BCUT2D eigenvalue weighted by Gasteiger charge is -1.80. The van der Waals surface area contributed by atoms with Gasteiger partial charge in [-0.2, -0.15) is 0 Å². The summed E-state index contributed by atoms with van der Waals surface area (Å²) in [6.07, 6.45) is 2.72. The number of aromatic nitrogens is 2. The molecule has 49 valence electrons. The van der Waals surface area contributed by atoms with Crippen molar-refractivity contribution in [3.05, 3.63) is 17.2 Å². The molecule has 0 spiro atoms. The number of H-pyrrole nitrogens is 1. The number of nitrogens with one attached hydrogen (secondary N) is 1. The van der Waals surface area contributed by atoms with Gasteiger partial charge in [0.1, 0.15) is 0 Å². The molecular formula is C5H4N4O+. The Bertz CT molecular complexity index is 388. The van der Waals surface area contributed by atoms with Gasteiger partial charge in [0.05, 0.1) is 0 Å². The number of fused-ring (bicyclic) bond motifs is 1. The van der Waals surface area contributed by atoms with E-state index in [0.717, 1.165) is 0 Å². The molecule has 5 nitrogen and oxygen atoms in total. The van der Waals surface area contributed by atoms with E-state index in [-0.39, 0.29) is 5.88 Å². The van der Waals surface area contributed by atoms with Gasteiger partial charge >= 0.3 is 11.4 Å². The number of aliphatic imine (C=N–C) groups is 1. The van der Waals surface area contributed by atoms with E-state index in [4.69, 9.17) is 5.11 Å². The largest absolute Gasteiger partial charge is 0.480 e. The zero-order chi connectivity index (χ0) is 6.97. The summed E-state index contributed by atoms with van der Waals surface area (Å²) in [5.74, 6) is -0.0671. The summed E-state index contributed by atoms with van der Waals surface area (Å²) < 4.78 is 0. The second-order valence-corrected chi connectivity index (χ2v) is 1.80. The van der Waals surface area contributed by atoms with E-state index in [2.05, 4.69) is 20.0 Å². The Morgan fingerprint density at radius 2 is 2.50 bits per heavy atom. The Kier molecular flexibility index (Phi) is 0.858. The second-order valence-electron chi connectivity index (χ2n) is 1.80. The van der Waals surface area contributed by atoms with Crippen LogP contribution in [-0.4, -0.2) is 21.4 Å². The van der Waals surface area contributed by atoms with Crippen LogP contribution in [0.2, 0.25) is 0 Å². The van der Waals surface area contributed by atoms with E-state index >= 15 is 0 Å². The maximum atomic E-state index is 9.04. The van der Waals surface area contributed by atoms with Crippen LogP contribution in [0.3, 0.4) is 0 Å². The first-order valence-corrected chi connectivity index (χ1v) is 2.71. The highest BCUT2D eigenvalue weighted by Gasteiger charge is 2.08. The molecule has 2 heterocycles. The van der Waals surface area contributed by atoms with E-state index in [1.807, 2.05) is 0 Å². The van der Waals surface area contributed by atoms with Crippen LogP contribution in [0.5, 0.6) is 0 Å². The third kappa shape index (κ3) is 0.540. The van der Waals surface area contributed by atoms with Gasteiger partial charge in [0.2, 0.25) is 5.35 Å². The van der Waals surface area contributed by atoms with E-state index < -0.39 is 0 Å². The molecule has 0 bridgehead atoms. The fourth-order valence-corrected chi connectivity index (χ4v) is 0.752. The molecule has 0 unspecified atom stereocenters. The molecule has 0 saturated heterocycles. The maximum Gasteiger partial charge on any atom is 0.329 e. The number of aliphatic hydroxyl groups is 1. The molecule has 1 radical (unpaired) electrons. The lowest BCUT2D eigenvalue weighted by Crippen LogP contribution is -2.34. The van der Waals surface area contributed by atoms with E-state index in [1.54, 1.807) is 0 Å². The van der Waals surface area contributed by atoms with Gasteiger partial charge in [-0.1, -0.05) is 15.0 Å². The van der Waals surface area contributed by atoms with Gasteiger partial charge in [0.25, 0.3) is 6.34 Å². The summed E-state index contributed by atoms with van der Waals surface area (Å²) in [5, 5.41) is 9.51. The summed E-state index contributed by atoms with van der Waals surface area (Å²) in [6, 6.07) is 0. The van der Waals surface area contributed by atoms with Crippen molar-refractivity contribution in [2.45, 2.75) is 0 Å². The van der Waals surface area contributed by atoms with Crippen molar-refractivity contribution in [3.63, 3.8) is 0 Å². The quantitative estimate of drug-likeness (QED) is 0.434. The lowest BCUT2D eigenvalue weighted by atomic mass is 10.6. The molecule has 1 aromatic heterocycles. The molecule has 1 aliphatic heterocycles. The summed E-state index contributed by atoms with van der Waals surface area (Å²) in [5.41, 5.74) is 0.479. The molecule has 2 rings (SSSR count). The molecule has 1 aromatic rings. The van der Waals surface area contributed by atoms with Crippen LogP contribution in [0, 0.1) is 0 Å². The van der Waals surface area contributed by atoms with Crippen molar-refractivity contribution in [1.29, 1.82) is 0 Å². The minimum absolute atomic E-state index is 0.0671. The molecule has 0 amide bonds. The molecule has 10 heavy (non-hydrogen) atoms. The highest BCUT2D eigenvalue weighted by Crippen LogP contribution is 1.82. The van der Waals surface area contributed by atoms with Crippen LogP contribution in [0.15, 0.2) is 11.3 Å². The third-order valence-corrected chi connectivity index (χ3v) is 1.20. The summed E-state index contributed by atoms with van der Waals surface area (Å²) >= 11 is 0. The number of nitrogens with zero attached hydrogens (tertiary/aromatic N) is 3. The molecule has 0 fully saturated rings. The van der Waals surface area contributed by atoms with Crippen LogP contribution < -0.4 is 15.8 Å². The molecule has 0 aromatic carbocycles. The fraction of sp³-hybridized carbons (Fsp3) is 0. The second kappa shape index (κ2) is 1.66. The highest BCUT2D eigenvalue weighted by molar-refractivity contribution is 5.60. The smallest absolute Gasteiger partial charge is 0.329 e. The minimum atomic E-state index is -0.0671. The SMILES string of the molecule is OC1=c2[nH]cnc2=[N+]C=N1. The number of imidazole rings is 1. The molecule has 0 saturated carbocycles. The van der Waals surface area contributed by atoms with Crippen molar-refractivity contribution < 1.29 is 5.11 Å². The molecule has 2 N–H and O–H groups in total. The van der Waals surface area contributed by atoms with Crippen LogP contribution >= 0.6 is 0 Å². The number of hydrogen-bond acceptors (Lipinski definition) is 4. The Labute approximate surface area is 55.5 Å². The number of rotatable bonds is 0. The van der Waals surface area contributed by atoms with Gasteiger partial charge in [-0.15, -0.1) is 0 Å². The number of aromatic amines is 1. The van der Waals surface area contributed by atoms with Crippen molar-refractivity contribution in [1.82, 2.24) is 15.0 Å². The third-order valence-electron chi connectivity index (χ3n) is 1.20. The van der Waals surface area contributed by atoms with Crippen molar-refractivity contribution in [3.8, 4) is 0 Å². The molecule has 0 aliphatic carbocycles. The Balaban J connectivity index is 3.01. The Morgan fingerprint density at radius 1 is 1.60 bits per heavy atom. The van der Waals surface area contributed by atoms with Gasteiger partial charge in [-0.3, -0.25) is 0 Å². The monoisotopic (exact) mass is 136 g/mol. The average Bonchev–Trinajstić information content (AvgIpc) is 2.36. The van der Waals surface area contributed by atoms with Crippen LogP contribution in [-0.2, 0) is 0 Å². The molecule has 5 heteroatoms. The summed E-state index contributed by atoms with van der Waals surface area (Å²) in [7, 11) is 0. The van der Waals surface area contributed by atoms with E-state index in [9.17, 15) is 0 Å². The normalized spacial score (nSPS) is 14.6. The Morgan fingerprint density at radius 3 is 3.30 bits per heavy atom. The van der Waals surface area contributed by atoms with Gasteiger partial charge in [-0.25, -0.2) is 0 Å². The fourth-order valence-electron chi connectivity index (χ4n) is 0.752. The van der Waals surface area contributed by atoms with Gasteiger partial charge < -0.3 is 10.1 Å². The highest BCUT2D eigenvalue weighted by atomic mass is 16.3. The average molecular weight is 136 g/mol. The topological polar surface area (TPSA) is 75.4 Å². The first-order chi connectivity index (χ1) is 4.88. The lowest BCUT2D eigenvalue weighted by molar-refractivity contribution is 0.489. The molecule has 1 aliphatic rings. The zero-order valence-electron chi connectivity index (χ0n) is 4.94. The Hall–Kier alpha value is -1.65. The number of hydrogen-bond donors (Lipinski definition) is 2. The van der Waals surface area contributed by atoms with Gasteiger partial charge in [-0.05, 0) is 0 Å². The predicted octanol–water partition coefficient (Wildman–Crippen LogP) is -1.97. The molecular weight excluding hydrogens is 132 g/mol. The summed E-state index contributed by atoms with van der Waals surface area (Å²) in [6.45, 7) is 0. The van der Waals surface area contributed by atoms with Crippen LogP contribution in [0.1, 0.15) is 0 Å². The first-order valence-electron chi connectivity index (χ1n) is 2.71. The molecule has 0 atom stereocenters. The number of aliphatic hydroxyl groups excluding tert-OH is 1. The summed E-state index contributed by atoms with van der Waals surface area (Å²) in [4.78, 5) is 13.9. The standard InChI is InChI=1S/C5H4N4O/c10-5-3-4(7-1-6-3)8-2-9-5/h1-2H,(H,6,7)(H,9,10)/q+1. The predicted molar refractivity (Wildman–Crippen MR) is 33.6 cm³/mol.